The molecule has 0 aliphatic heterocycles. The summed E-state index contributed by atoms with van der Waals surface area (Å²) in [6.45, 7) is 13.8. The number of hydrogen-bond acceptors (Lipinski definition) is 4. The standard InChI is InChI=1S/C22H20OS3/c1-9-7-11-17(24-9)15-13(21(11,3)4)19-16(23-15)14-20(26-19)18-12(22(14,5)6)8-10(2)25-18/h7-8H,1-6H3. The van der Waals surface area contributed by atoms with E-state index in [0.29, 0.717) is 0 Å². The molecule has 0 saturated carbocycles. The molecule has 4 heterocycles. The Bertz CT molecular complexity index is 1150. The predicted octanol–water partition coefficient (Wildman–Crippen LogP) is 7.85. The van der Waals surface area contributed by atoms with Gasteiger partial charge in [0.25, 0.3) is 0 Å². The van der Waals surface area contributed by atoms with Crippen molar-refractivity contribution in [2.75, 3.05) is 0 Å². The van der Waals surface area contributed by atoms with Gasteiger partial charge in [-0.2, -0.15) is 0 Å². The van der Waals surface area contributed by atoms with Crippen LogP contribution in [-0.2, 0) is 10.8 Å². The van der Waals surface area contributed by atoms with E-state index in [0.717, 1.165) is 11.3 Å². The molecule has 0 aromatic carbocycles. The highest BCUT2D eigenvalue weighted by Gasteiger charge is 2.47. The molecule has 0 N–H and O–H groups in total. The smallest absolute Gasteiger partial charge is 0.150 e. The summed E-state index contributed by atoms with van der Waals surface area (Å²) in [4.78, 5) is 7.04. The summed E-state index contributed by atoms with van der Waals surface area (Å²) in [6.07, 6.45) is 0. The lowest BCUT2D eigenvalue weighted by Crippen LogP contribution is -2.15. The lowest BCUT2D eigenvalue weighted by Gasteiger charge is -2.20. The van der Waals surface area contributed by atoms with Crippen LogP contribution in [0.2, 0.25) is 0 Å². The van der Waals surface area contributed by atoms with Crippen LogP contribution in [0, 0.1) is 13.8 Å². The first-order valence-corrected chi connectivity index (χ1v) is 11.5. The molecule has 0 amide bonds. The Hall–Kier alpha value is -1.36. The molecule has 2 aliphatic carbocycles. The molecule has 0 radical (unpaired) electrons. The fraction of sp³-hybridized carbons (Fsp3) is 0.364. The van der Waals surface area contributed by atoms with Gasteiger partial charge in [0.1, 0.15) is 0 Å². The van der Waals surface area contributed by atoms with Crippen molar-refractivity contribution in [1.29, 1.82) is 0 Å². The molecule has 2 aliphatic rings. The third-order valence-corrected chi connectivity index (χ3v) is 9.69. The zero-order valence-electron chi connectivity index (χ0n) is 15.8. The summed E-state index contributed by atoms with van der Waals surface area (Å²) in [6, 6.07) is 4.73. The summed E-state index contributed by atoms with van der Waals surface area (Å²) < 4.78 is 8.04. The van der Waals surface area contributed by atoms with Crippen LogP contribution in [0.1, 0.15) is 59.7 Å². The Labute approximate surface area is 165 Å². The molecule has 4 aromatic heterocycles. The second-order valence-corrected chi connectivity index (χ2v) is 12.3. The van der Waals surface area contributed by atoms with Crippen molar-refractivity contribution in [3.63, 3.8) is 0 Å². The Balaban J connectivity index is 1.73. The van der Waals surface area contributed by atoms with Crippen LogP contribution in [0.3, 0.4) is 0 Å². The summed E-state index contributed by atoms with van der Waals surface area (Å²) in [7, 11) is 0. The van der Waals surface area contributed by atoms with E-state index in [1.807, 2.05) is 34.0 Å². The van der Waals surface area contributed by atoms with Crippen molar-refractivity contribution in [3.8, 4) is 20.4 Å². The highest BCUT2D eigenvalue weighted by molar-refractivity contribution is 7.27. The first-order valence-electron chi connectivity index (χ1n) is 9.04. The topological polar surface area (TPSA) is 13.1 Å². The summed E-state index contributed by atoms with van der Waals surface area (Å²) in [5.74, 6) is 1.13. The minimum atomic E-state index is 0.0254. The SMILES string of the molecule is Cc1cc2c(s1)-c1oc3c4c(sc3c1C2(C)C)-c1sc(C)cc1C4(C)C. The van der Waals surface area contributed by atoms with E-state index in [9.17, 15) is 0 Å². The summed E-state index contributed by atoms with van der Waals surface area (Å²) in [5, 5.41) is 0. The normalized spacial score (nSPS) is 18.2. The van der Waals surface area contributed by atoms with Gasteiger partial charge < -0.3 is 4.42 Å². The number of rotatable bonds is 0. The van der Waals surface area contributed by atoms with E-state index in [4.69, 9.17) is 4.42 Å². The van der Waals surface area contributed by atoms with E-state index in [-0.39, 0.29) is 10.8 Å². The average molecular weight is 397 g/mol. The minimum absolute atomic E-state index is 0.0254. The molecule has 4 heteroatoms. The number of thiophene rings is 3. The third kappa shape index (κ3) is 1.55. The van der Waals surface area contributed by atoms with Crippen LogP contribution in [0.25, 0.3) is 30.7 Å². The molecule has 26 heavy (non-hydrogen) atoms. The van der Waals surface area contributed by atoms with Gasteiger partial charge in [-0.3, -0.25) is 0 Å². The Morgan fingerprint density at radius 1 is 0.731 bits per heavy atom. The summed E-state index contributed by atoms with van der Waals surface area (Å²) >= 11 is 5.77. The minimum Gasteiger partial charge on any atom is -0.454 e. The van der Waals surface area contributed by atoms with Gasteiger partial charge in [-0.25, -0.2) is 0 Å². The zero-order valence-corrected chi connectivity index (χ0v) is 18.2. The van der Waals surface area contributed by atoms with Gasteiger partial charge in [-0.15, -0.1) is 34.0 Å². The summed E-state index contributed by atoms with van der Waals surface area (Å²) in [5.41, 5.74) is 6.95. The molecular weight excluding hydrogens is 376 g/mol. The number of furan rings is 1. The monoisotopic (exact) mass is 396 g/mol. The fourth-order valence-corrected chi connectivity index (χ4v) is 9.02. The Morgan fingerprint density at radius 2 is 1.31 bits per heavy atom. The third-order valence-electron chi connectivity index (χ3n) is 6.24. The fourth-order valence-electron chi connectivity index (χ4n) is 4.95. The molecule has 0 atom stereocenters. The van der Waals surface area contributed by atoms with Crippen molar-refractivity contribution < 1.29 is 4.42 Å². The largest absolute Gasteiger partial charge is 0.454 e. The maximum absolute atomic E-state index is 6.66. The predicted molar refractivity (Wildman–Crippen MR) is 114 cm³/mol. The lowest BCUT2D eigenvalue weighted by atomic mass is 9.82. The van der Waals surface area contributed by atoms with Crippen LogP contribution >= 0.6 is 34.0 Å². The highest BCUT2D eigenvalue weighted by atomic mass is 32.1. The van der Waals surface area contributed by atoms with E-state index in [1.54, 1.807) is 0 Å². The van der Waals surface area contributed by atoms with Gasteiger partial charge in [0.2, 0.25) is 0 Å². The second-order valence-electron chi connectivity index (χ2n) is 8.72. The van der Waals surface area contributed by atoms with Crippen molar-refractivity contribution in [2.45, 2.75) is 52.4 Å². The molecule has 1 nitrogen and oxygen atoms in total. The average Bonchev–Trinajstić information content (AvgIpc) is 3.28. The number of aryl methyl sites for hydroxylation is 2. The lowest BCUT2D eigenvalue weighted by molar-refractivity contribution is 0.596. The molecule has 0 spiro atoms. The van der Waals surface area contributed by atoms with Gasteiger partial charge >= 0.3 is 0 Å². The van der Waals surface area contributed by atoms with Crippen LogP contribution in [0.5, 0.6) is 0 Å². The molecule has 132 valence electrons. The van der Waals surface area contributed by atoms with Crippen molar-refractivity contribution in [1.82, 2.24) is 0 Å². The van der Waals surface area contributed by atoms with Crippen LogP contribution in [0.4, 0.5) is 0 Å². The highest BCUT2D eigenvalue weighted by Crippen LogP contribution is 2.63. The van der Waals surface area contributed by atoms with Crippen LogP contribution in [-0.4, -0.2) is 0 Å². The molecule has 0 bridgehead atoms. The maximum Gasteiger partial charge on any atom is 0.150 e. The van der Waals surface area contributed by atoms with Crippen LogP contribution in [0.15, 0.2) is 16.5 Å². The van der Waals surface area contributed by atoms with E-state index in [1.165, 1.54) is 51.3 Å². The van der Waals surface area contributed by atoms with E-state index in [2.05, 4.69) is 53.7 Å². The molecule has 0 unspecified atom stereocenters. The zero-order chi connectivity index (χ0) is 18.2. The van der Waals surface area contributed by atoms with Gasteiger partial charge in [0.05, 0.1) is 14.5 Å². The Kier molecular flexibility index (Phi) is 2.64. The maximum atomic E-state index is 6.66. The first-order chi connectivity index (χ1) is 12.2. The van der Waals surface area contributed by atoms with Crippen molar-refractivity contribution >= 4 is 44.3 Å². The molecule has 6 rings (SSSR count). The number of fused-ring (bicyclic) bond motifs is 9. The second kappa shape index (κ2) is 4.37. The number of hydrogen-bond donors (Lipinski definition) is 0. The molecule has 0 fully saturated rings. The quantitative estimate of drug-likeness (QED) is 0.295. The van der Waals surface area contributed by atoms with Gasteiger partial charge in [-0.1, -0.05) is 27.7 Å². The van der Waals surface area contributed by atoms with Crippen molar-refractivity contribution in [2.24, 2.45) is 0 Å². The van der Waals surface area contributed by atoms with Gasteiger partial charge in [0, 0.05) is 36.6 Å². The molecule has 0 saturated heterocycles. The Morgan fingerprint density at radius 3 is 2.00 bits per heavy atom. The first kappa shape index (κ1) is 15.7. The van der Waals surface area contributed by atoms with Crippen LogP contribution < -0.4 is 0 Å². The van der Waals surface area contributed by atoms with Crippen molar-refractivity contribution in [3.05, 3.63) is 44.1 Å². The van der Waals surface area contributed by atoms with E-state index >= 15 is 0 Å². The van der Waals surface area contributed by atoms with Gasteiger partial charge in [-0.05, 0) is 37.1 Å². The molecule has 4 aromatic rings. The van der Waals surface area contributed by atoms with Gasteiger partial charge in [0.15, 0.2) is 11.3 Å². The van der Waals surface area contributed by atoms with E-state index < -0.39 is 0 Å². The molecular formula is C22H20OS3.